The molecular weight excluding hydrogens is 302 g/mol. The third-order valence-corrected chi connectivity index (χ3v) is 3.98. The van der Waals surface area contributed by atoms with Crippen LogP contribution in [0.25, 0.3) is 0 Å². The van der Waals surface area contributed by atoms with Gasteiger partial charge in [0.15, 0.2) is 0 Å². The Morgan fingerprint density at radius 3 is 1.88 bits per heavy atom. The molecule has 0 bridgehead atoms. The summed E-state index contributed by atoms with van der Waals surface area (Å²) >= 11 is 0. The molecule has 24 heavy (non-hydrogen) atoms. The van der Waals surface area contributed by atoms with E-state index in [1.165, 1.54) is 0 Å². The van der Waals surface area contributed by atoms with Crippen molar-refractivity contribution in [3.8, 4) is 11.5 Å². The largest absolute Gasteiger partial charge is 0.497 e. The summed E-state index contributed by atoms with van der Waals surface area (Å²) < 4.78 is 10.3. The Bertz CT molecular complexity index is 648. The van der Waals surface area contributed by atoms with Crippen molar-refractivity contribution in [3.05, 3.63) is 59.7 Å². The molecule has 0 aliphatic rings. The van der Waals surface area contributed by atoms with E-state index in [0.29, 0.717) is 12.3 Å². The van der Waals surface area contributed by atoms with Crippen LogP contribution in [0.1, 0.15) is 31.0 Å². The fourth-order valence-corrected chi connectivity index (χ4v) is 2.60. The Kier molecular flexibility index (Phi) is 6.24. The first kappa shape index (κ1) is 17.9. The van der Waals surface area contributed by atoms with E-state index in [2.05, 4.69) is 19.2 Å². The van der Waals surface area contributed by atoms with Crippen LogP contribution >= 0.6 is 0 Å². The van der Waals surface area contributed by atoms with Crippen LogP contribution < -0.4 is 14.8 Å². The van der Waals surface area contributed by atoms with E-state index in [4.69, 9.17) is 9.47 Å². The van der Waals surface area contributed by atoms with Crippen molar-refractivity contribution in [1.29, 1.82) is 0 Å². The molecule has 0 aliphatic carbocycles. The van der Waals surface area contributed by atoms with E-state index in [0.717, 1.165) is 22.6 Å². The second-order valence-corrected chi connectivity index (χ2v) is 6.09. The Balaban J connectivity index is 2.04. The van der Waals surface area contributed by atoms with Crippen LogP contribution in [0.3, 0.4) is 0 Å². The van der Waals surface area contributed by atoms with Gasteiger partial charge < -0.3 is 14.8 Å². The van der Waals surface area contributed by atoms with E-state index < -0.39 is 0 Å². The lowest BCUT2D eigenvalue weighted by Gasteiger charge is -2.23. The predicted octanol–water partition coefficient (Wildman–Crippen LogP) is 3.76. The quantitative estimate of drug-likeness (QED) is 0.842. The highest BCUT2D eigenvalue weighted by Gasteiger charge is 2.18. The lowest BCUT2D eigenvalue weighted by Crippen LogP contribution is -2.32. The van der Waals surface area contributed by atoms with E-state index >= 15 is 0 Å². The highest BCUT2D eigenvalue weighted by molar-refractivity contribution is 5.79. The summed E-state index contributed by atoms with van der Waals surface area (Å²) in [6.45, 7) is 4.20. The molecule has 2 aromatic carbocycles. The van der Waals surface area contributed by atoms with Crippen LogP contribution in [0.2, 0.25) is 0 Å². The molecule has 0 radical (unpaired) electrons. The molecule has 1 N–H and O–H groups in total. The van der Waals surface area contributed by atoms with Gasteiger partial charge in [0, 0.05) is 0 Å². The van der Waals surface area contributed by atoms with Crippen molar-refractivity contribution >= 4 is 5.91 Å². The van der Waals surface area contributed by atoms with Gasteiger partial charge in [-0.15, -0.1) is 0 Å². The summed E-state index contributed by atoms with van der Waals surface area (Å²) in [6.07, 6.45) is 0.351. The second-order valence-electron chi connectivity index (χ2n) is 6.09. The smallest absolute Gasteiger partial charge is 0.224 e. The van der Waals surface area contributed by atoms with Crippen molar-refractivity contribution in [2.24, 2.45) is 5.92 Å². The molecule has 128 valence electrons. The summed E-state index contributed by atoms with van der Waals surface area (Å²) in [5.74, 6) is 1.90. The van der Waals surface area contributed by atoms with Crippen LogP contribution in [0.5, 0.6) is 11.5 Å². The van der Waals surface area contributed by atoms with Crippen molar-refractivity contribution in [3.63, 3.8) is 0 Å². The molecule has 0 unspecified atom stereocenters. The van der Waals surface area contributed by atoms with Crippen molar-refractivity contribution < 1.29 is 14.3 Å². The minimum absolute atomic E-state index is 0.00897. The number of amides is 1. The molecule has 0 heterocycles. The second kappa shape index (κ2) is 8.39. The van der Waals surface area contributed by atoms with Gasteiger partial charge in [0.05, 0.1) is 26.7 Å². The molecule has 0 fully saturated rings. The van der Waals surface area contributed by atoms with Crippen LogP contribution in [-0.2, 0) is 11.2 Å². The van der Waals surface area contributed by atoms with Crippen LogP contribution in [0.15, 0.2) is 48.5 Å². The molecule has 4 nitrogen and oxygen atoms in total. The standard InChI is InChI=1S/C20H25NO3/c1-14(2)20(16-7-11-18(24-4)12-8-16)21-19(22)13-15-5-9-17(23-3)10-6-15/h5-12,14,20H,13H2,1-4H3,(H,21,22)/t20-/m0/s1. The van der Waals surface area contributed by atoms with E-state index in [1.807, 2.05) is 48.5 Å². The fraction of sp³-hybridized carbons (Fsp3) is 0.350. The number of carbonyl (C=O) groups is 1. The van der Waals surface area contributed by atoms with Crippen molar-refractivity contribution in [2.45, 2.75) is 26.3 Å². The van der Waals surface area contributed by atoms with Gasteiger partial charge in [0.25, 0.3) is 0 Å². The molecule has 2 aromatic rings. The van der Waals surface area contributed by atoms with Crippen LogP contribution in [0.4, 0.5) is 0 Å². The molecule has 0 spiro atoms. The maximum Gasteiger partial charge on any atom is 0.224 e. The van der Waals surface area contributed by atoms with Gasteiger partial charge in [0.1, 0.15) is 11.5 Å². The average molecular weight is 327 g/mol. The fourth-order valence-electron chi connectivity index (χ4n) is 2.60. The number of nitrogens with one attached hydrogen (secondary N) is 1. The van der Waals surface area contributed by atoms with Gasteiger partial charge in [-0.3, -0.25) is 4.79 Å². The summed E-state index contributed by atoms with van der Waals surface area (Å²) in [7, 11) is 3.27. The SMILES string of the molecule is COc1ccc(CC(=O)N[C@H](c2ccc(OC)cc2)C(C)C)cc1. The molecule has 0 aliphatic heterocycles. The first-order valence-corrected chi connectivity index (χ1v) is 8.09. The number of hydrogen-bond acceptors (Lipinski definition) is 3. The lowest BCUT2D eigenvalue weighted by atomic mass is 9.95. The maximum absolute atomic E-state index is 12.4. The van der Waals surface area contributed by atoms with E-state index in [1.54, 1.807) is 14.2 Å². The Hall–Kier alpha value is -2.49. The highest BCUT2D eigenvalue weighted by atomic mass is 16.5. The number of hydrogen-bond donors (Lipinski definition) is 1. The maximum atomic E-state index is 12.4. The molecule has 0 saturated carbocycles. The van der Waals surface area contributed by atoms with Crippen LogP contribution in [0, 0.1) is 5.92 Å². The third-order valence-electron chi connectivity index (χ3n) is 3.98. The van der Waals surface area contributed by atoms with Gasteiger partial charge >= 0.3 is 0 Å². The topological polar surface area (TPSA) is 47.6 Å². The van der Waals surface area contributed by atoms with E-state index in [9.17, 15) is 4.79 Å². The number of ether oxygens (including phenoxy) is 2. The Morgan fingerprint density at radius 2 is 1.42 bits per heavy atom. The van der Waals surface area contributed by atoms with Gasteiger partial charge in [-0.2, -0.15) is 0 Å². The number of methoxy groups -OCH3 is 2. The third kappa shape index (κ3) is 4.75. The van der Waals surface area contributed by atoms with Gasteiger partial charge in [-0.1, -0.05) is 38.1 Å². The minimum Gasteiger partial charge on any atom is -0.497 e. The average Bonchev–Trinajstić information content (AvgIpc) is 2.60. The summed E-state index contributed by atoms with van der Waals surface area (Å²) in [5.41, 5.74) is 2.04. The first-order valence-electron chi connectivity index (χ1n) is 8.09. The van der Waals surface area contributed by atoms with Crippen molar-refractivity contribution in [1.82, 2.24) is 5.32 Å². The zero-order valence-corrected chi connectivity index (χ0v) is 14.7. The number of carbonyl (C=O) groups excluding carboxylic acids is 1. The minimum atomic E-state index is -0.0262. The monoisotopic (exact) mass is 327 g/mol. The molecule has 0 aromatic heterocycles. The molecule has 1 atom stereocenters. The molecule has 1 amide bonds. The molecule has 0 saturated heterocycles. The Labute approximate surface area is 143 Å². The predicted molar refractivity (Wildman–Crippen MR) is 95.4 cm³/mol. The van der Waals surface area contributed by atoms with E-state index in [-0.39, 0.29) is 11.9 Å². The zero-order chi connectivity index (χ0) is 17.5. The van der Waals surface area contributed by atoms with Gasteiger partial charge in [-0.05, 0) is 41.3 Å². The molecule has 2 rings (SSSR count). The van der Waals surface area contributed by atoms with Gasteiger partial charge in [0.2, 0.25) is 5.91 Å². The van der Waals surface area contributed by atoms with Crippen molar-refractivity contribution in [2.75, 3.05) is 14.2 Å². The highest BCUT2D eigenvalue weighted by Crippen LogP contribution is 2.24. The molecular formula is C20H25NO3. The summed E-state index contributed by atoms with van der Waals surface area (Å²) in [4.78, 5) is 12.4. The first-order chi connectivity index (χ1) is 11.5. The number of benzene rings is 2. The summed E-state index contributed by atoms with van der Waals surface area (Å²) in [6, 6.07) is 15.4. The van der Waals surface area contributed by atoms with Crippen LogP contribution in [-0.4, -0.2) is 20.1 Å². The normalized spacial score (nSPS) is 11.9. The Morgan fingerprint density at radius 1 is 0.917 bits per heavy atom. The lowest BCUT2D eigenvalue weighted by molar-refractivity contribution is -0.121. The zero-order valence-electron chi connectivity index (χ0n) is 14.7. The van der Waals surface area contributed by atoms with Gasteiger partial charge in [-0.25, -0.2) is 0 Å². The summed E-state index contributed by atoms with van der Waals surface area (Å²) in [5, 5.41) is 3.14. The molecule has 4 heteroatoms. The number of rotatable bonds is 7.